The molecule has 2 aromatic rings. The highest BCUT2D eigenvalue weighted by Crippen LogP contribution is 2.30. The zero-order valence-corrected chi connectivity index (χ0v) is 20.5. The molecule has 0 radical (unpaired) electrons. The third-order valence-electron chi connectivity index (χ3n) is 5.06. The largest absolute Gasteiger partial charge is 0.495 e. The summed E-state index contributed by atoms with van der Waals surface area (Å²) >= 11 is 1.20. The summed E-state index contributed by atoms with van der Waals surface area (Å²) in [5, 5.41) is 14.9. The molecular weight excluding hydrogens is 452 g/mol. The first kappa shape index (κ1) is 24.5. The van der Waals surface area contributed by atoms with Crippen LogP contribution in [-0.4, -0.2) is 64.8 Å². The summed E-state index contributed by atoms with van der Waals surface area (Å²) in [5.41, 5.74) is -0.00826. The molecule has 32 heavy (non-hydrogen) atoms. The number of amides is 1. The first-order valence-corrected chi connectivity index (χ1v) is 12.9. The van der Waals surface area contributed by atoms with Crippen molar-refractivity contribution >= 4 is 33.4 Å². The number of ether oxygens (including phenoxy) is 1. The van der Waals surface area contributed by atoms with Gasteiger partial charge in [-0.2, -0.15) is 4.31 Å². The van der Waals surface area contributed by atoms with Crippen molar-refractivity contribution in [2.45, 2.75) is 62.0 Å². The number of carbonyl (C=O) groups is 1. The van der Waals surface area contributed by atoms with Crippen LogP contribution in [0.15, 0.2) is 28.3 Å². The SMILES string of the molecule is COc1ccc(S(=O)(=O)N2CCCCCC2)cc1NC(=O)CSc1nnnn1C(C)(C)C. The van der Waals surface area contributed by atoms with Crippen LogP contribution < -0.4 is 10.1 Å². The van der Waals surface area contributed by atoms with Crippen LogP contribution in [0.1, 0.15) is 46.5 Å². The van der Waals surface area contributed by atoms with Gasteiger partial charge in [0.2, 0.25) is 21.1 Å². The van der Waals surface area contributed by atoms with E-state index in [9.17, 15) is 13.2 Å². The van der Waals surface area contributed by atoms with E-state index in [0.717, 1.165) is 25.7 Å². The van der Waals surface area contributed by atoms with Gasteiger partial charge in [-0.3, -0.25) is 4.79 Å². The summed E-state index contributed by atoms with van der Waals surface area (Å²) in [4.78, 5) is 12.8. The van der Waals surface area contributed by atoms with Crippen LogP contribution >= 0.6 is 11.8 Å². The van der Waals surface area contributed by atoms with Crippen LogP contribution in [0.5, 0.6) is 5.75 Å². The second-order valence-corrected chi connectivity index (χ2v) is 11.4. The molecule has 10 nitrogen and oxygen atoms in total. The van der Waals surface area contributed by atoms with E-state index < -0.39 is 10.0 Å². The lowest BCUT2D eigenvalue weighted by Crippen LogP contribution is -2.32. The van der Waals surface area contributed by atoms with E-state index in [1.54, 1.807) is 10.7 Å². The second kappa shape index (κ2) is 10.2. The van der Waals surface area contributed by atoms with E-state index >= 15 is 0 Å². The van der Waals surface area contributed by atoms with Crippen LogP contribution in [0.3, 0.4) is 0 Å². The van der Waals surface area contributed by atoms with Crippen LogP contribution in [0.2, 0.25) is 0 Å². The second-order valence-electron chi connectivity index (χ2n) is 8.56. The Labute approximate surface area is 193 Å². The molecule has 1 saturated heterocycles. The minimum atomic E-state index is -3.65. The molecule has 0 unspecified atom stereocenters. The third kappa shape index (κ3) is 5.78. The van der Waals surface area contributed by atoms with Gasteiger partial charge in [0.15, 0.2) is 0 Å². The first-order chi connectivity index (χ1) is 15.1. The summed E-state index contributed by atoms with van der Waals surface area (Å²) in [7, 11) is -2.17. The van der Waals surface area contributed by atoms with Gasteiger partial charge in [-0.1, -0.05) is 24.6 Å². The predicted molar refractivity (Wildman–Crippen MR) is 122 cm³/mol. The molecule has 1 aliphatic heterocycles. The number of thioether (sulfide) groups is 1. The third-order valence-corrected chi connectivity index (χ3v) is 7.87. The van der Waals surface area contributed by atoms with Crippen molar-refractivity contribution in [3.8, 4) is 5.75 Å². The Hall–Kier alpha value is -2.18. The highest BCUT2D eigenvalue weighted by molar-refractivity contribution is 7.99. The molecule has 176 valence electrons. The molecule has 0 aliphatic carbocycles. The van der Waals surface area contributed by atoms with Crippen molar-refractivity contribution in [1.29, 1.82) is 0 Å². The number of tetrazole rings is 1. The zero-order chi connectivity index (χ0) is 23.4. The summed E-state index contributed by atoms with van der Waals surface area (Å²) < 4.78 is 34.8. The van der Waals surface area contributed by atoms with Crippen molar-refractivity contribution in [2.75, 3.05) is 31.3 Å². The van der Waals surface area contributed by atoms with Gasteiger partial charge in [-0.25, -0.2) is 13.1 Å². The van der Waals surface area contributed by atoms with E-state index in [2.05, 4.69) is 20.8 Å². The lowest BCUT2D eigenvalue weighted by molar-refractivity contribution is -0.113. The summed E-state index contributed by atoms with van der Waals surface area (Å²) in [6.45, 7) is 6.92. The zero-order valence-electron chi connectivity index (χ0n) is 18.9. The predicted octanol–water partition coefficient (Wildman–Crippen LogP) is 2.73. The molecule has 0 bridgehead atoms. The Bertz CT molecular complexity index is 1040. The number of carbonyl (C=O) groups excluding carboxylic acids is 1. The number of rotatable bonds is 7. The highest BCUT2D eigenvalue weighted by atomic mass is 32.2. The van der Waals surface area contributed by atoms with E-state index in [0.29, 0.717) is 29.7 Å². The molecule has 0 atom stereocenters. The van der Waals surface area contributed by atoms with Gasteiger partial charge in [0.25, 0.3) is 0 Å². The molecular formula is C20H30N6O4S2. The van der Waals surface area contributed by atoms with Crippen LogP contribution in [0, 0.1) is 0 Å². The fourth-order valence-corrected chi connectivity index (χ4v) is 5.79. The average molecular weight is 483 g/mol. The Morgan fingerprint density at radius 2 is 1.88 bits per heavy atom. The van der Waals surface area contributed by atoms with Gasteiger partial charge in [0.05, 0.1) is 29.0 Å². The quantitative estimate of drug-likeness (QED) is 0.598. The van der Waals surface area contributed by atoms with Gasteiger partial charge in [0.1, 0.15) is 5.75 Å². The normalized spacial score (nSPS) is 15.9. The average Bonchev–Trinajstić information content (AvgIpc) is 3.05. The molecule has 1 amide bonds. The number of aromatic nitrogens is 4. The number of hydrogen-bond acceptors (Lipinski definition) is 8. The lowest BCUT2D eigenvalue weighted by atomic mass is 10.1. The monoisotopic (exact) mass is 482 g/mol. The van der Waals surface area contributed by atoms with Gasteiger partial charge in [0, 0.05) is 13.1 Å². The van der Waals surface area contributed by atoms with Gasteiger partial charge < -0.3 is 10.1 Å². The number of methoxy groups -OCH3 is 1. The van der Waals surface area contributed by atoms with Crippen LogP contribution in [-0.2, 0) is 20.4 Å². The van der Waals surface area contributed by atoms with Gasteiger partial charge in [-0.15, -0.1) is 5.10 Å². The summed E-state index contributed by atoms with van der Waals surface area (Å²) in [5.74, 6) is 0.127. The number of sulfonamides is 1. The molecule has 2 heterocycles. The number of nitrogens with zero attached hydrogens (tertiary/aromatic N) is 5. The van der Waals surface area contributed by atoms with E-state index in [-0.39, 0.29) is 22.1 Å². The van der Waals surface area contributed by atoms with Gasteiger partial charge in [-0.05, 0) is 62.2 Å². The van der Waals surface area contributed by atoms with E-state index in [4.69, 9.17) is 4.74 Å². The Balaban J connectivity index is 1.74. The molecule has 1 aliphatic rings. The minimum Gasteiger partial charge on any atom is -0.495 e. The van der Waals surface area contributed by atoms with E-state index in [1.807, 2.05) is 20.8 Å². The van der Waals surface area contributed by atoms with Gasteiger partial charge >= 0.3 is 0 Å². The van der Waals surface area contributed by atoms with Crippen molar-refractivity contribution in [3.05, 3.63) is 18.2 Å². The summed E-state index contributed by atoms with van der Waals surface area (Å²) in [6, 6.07) is 4.54. The fourth-order valence-electron chi connectivity index (χ4n) is 3.38. The maximum atomic E-state index is 13.1. The maximum Gasteiger partial charge on any atom is 0.243 e. The summed E-state index contributed by atoms with van der Waals surface area (Å²) in [6.07, 6.45) is 3.77. The van der Waals surface area contributed by atoms with Crippen molar-refractivity contribution in [2.24, 2.45) is 0 Å². The minimum absolute atomic E-state index is 0.0582. The molecule has 1 aromatic carbocycles. The van der Waals surface area contributed by atoms with Crippen molar-refractivity contribution in [1.82, 2.24) is 24.5 Å². The number of hydrogen-bond donors (Lipinski definition) is 1. The van der Waals surface area contributed by atoms with E-state index in [1.165, 1.54) is 35.3 Å². The number of nitrogens with one attached hydrogen (secondary N) is 1. The smallest absolute Gasteiger partial charge is 0.243 e. The first-order valence-electron chi connectivity index (χ1n) is 10.5. The Morgan fingerprint density at radius 3 is 2.50 bits per heavy atom. The highest BCUT2D eigenvalue weighted by Gasteiger charge is 2.26. The molecule has 1 N–H and O–H groups in total. The van der Waals surface area contributed by atoms with Crippen molar-refractivity contribution in [3.63, 3.8) is 0 Å². The molecule has 1 fully saturated rings. The fraction of sp³-hybridized carbons (Fsp3) is 0.600. The molecule has 3 rings (SSSR count). The van der Waals surface area contributed by atoms with Crippen LogP contribution in [0.25, 0.3) is 0 Å². The number of anilines is 1. The van der Waals surface area contributed by atoms with Crippen LogP contribution in [0.4, 0.5) is 5.69 Å². The topological polar surface area (TPSA) is 119 Å². The molecule has 0 saturated carbocycles. The maximum absolute atomic E-state index is 13.1. The Morgan fingerprint density at radius 1 is 1.19 bits per heavy atom. The number of benzene rings is 1. The molecule has 0 spiro atoms. The molecule has 12 heteroatoms. The lowest BCUT2D eigenvalue weighted by Gasteiger charge is -2.21. The van der Waals surface area contributed by atoms with Crippen molar-refractivity contribution < 1.29 is 17.9 Å². The molecule has 1 aromatic heterocycles. The standard InChI is InChI=1S/C20H30N6O4S2/c1-20(2,3)26-19(22-23-24-26)31-14-18(27)21-16-13-15(9-10-17(16)30-4)32(28,29)25-11-7-5-6-8-12-25/h9-10,13H,5-8,11-12,14H2,1-4H3,(H,21,27). The Kier molecular flexibility index (Phi) is 7.78.